The summed E-state index contributed by atoms with van der Waals surface area (Å²) in [6.45, 7) is 4.15. The molecule has 2 atom stereocenters. The second-order valence-corrected chi connectivity index (χ2v) is 9.26. The third kappa shape index (κ3) is 2.79. The van der Waals surface area contributed by atoms with Gasteiger partial charge in [-0.15, -0.1) is 0 Å². The van der Waals surface area contributed by atoms with Gasteiger partial charge in [0, 0.05) is 62.1 Å². The van der Waals surface area contributed by atoms with Crippen LogP contribution in [-0.2, 0) is 0 Å². The topological polar surface area (TPSA) is 73.0 Å². The molecule has 33 heavy (non-hydrogen) atoms. The van der Waals surface area contributed by atoms with Gasteiger partial charge in [0.15, 0.2) is 0 Å². The van der Waals surface area contributed by atoms with Gasteiger partial charge in [-0.05, 0) is 42.7 Å². The molecule has 0 saturated carbocycles. The summed E-state index contributed by atoms with van der Waals surface area (Å²) in [5.41, 5.74) is 6.67. The minimum Gasteiger partial charge on any atom is -0.358 e. The molecule has 2 N–H and O–H groups in total. The summed E-state index contributed by atoms with van der Waals surface area (Å²) in [7, 11) is 2.25. The van der Waals surface area contributed by atoms with Crippen molar-refractivity contribution in [1.29, 1.82) is 0 Å². The number of hydrogen-bond acceptors (Lipinski definition) is 6. The fourth-order valence-electron chi connectivity index (χ4n) is 6.04. The summed E-state index contributed by atoms with van der Waals surface area (Å²) in [5.74, 6) is 1.23. The van der Waals surface area contributed by atoms with Crippen LogP contribution in [0.25, 0.3) is 32.8 Å². The molecular weight excluding hydrogens is 410 g/mol. The van der Waals surface area contributed by atoms with E-state index in [9.17, 15) is 0 Å². The quantitative estimate of drug-likeness (QED) is 0.468. The van der Waals surface area contributed by atoms with Gasteiger partial charge in [0.25, 0.3) is 0 Å². The highest BCUT2D eigenvalue weighted by Crippen LogP contribution is 2.46. The average molecular weight is 438 g/mol. The van der Waals surface area contributed by atoms with E-state index in [0.717, 1.165) is 77.7 Å². The van der Waals surface area contributed by atoms with E-state index < -0.39 is 0 Å². The Hall–Kier alpha value is -3.29. The number of hydrogen-bond donors (Lipinski definition) is 2. The van der Waals surface area contributed by atoms with Crippen molar-refractivity contribution in [3.63, 3.8) is 0 Å². The fraction of sp³-hybridized carbons (Fsp3) is 0.346. The fourth-order valence-corrected chi connectivity index (χ4v) is 6.04. The number of aromatic nitrogens is 4. The molecule has 0 amide bonds. The first-order valence-corrected chi connectivity index (χ1v) is 11.9. The van der Waals surface area contributed by atoms with Crippen molar-refractivity contribution in [3.8, 4) is 0 Å². The Balaban J connectivity index is 1.47. The highest BCUT2D eigenvalue weighted by molar-refractivity contribution is 6.20. The Morgan fingerprint density at radius 1 is 0.909 bits per heavy atom. The predicted molar refractivity (Wildman–Crippen MR) is 131 cm³/mol. The predicted octanol–water partition coefficient (Wildman–Crippen LogP) is 3.52. The monoisotopic (exact) mass is 437 g/mol. The molecule has 1 aliphatic carbocycles. The zero-order chi connectivity index (χ0) is 21.9. The van der Waals surface area contributed by atoms with Crippen LogP contribution in [0.5, 0.6) is 0 Å². The molecule has 0 radical (unpaired) electrons. The second-order valence-electron chi connectivity index (χ2n) is 9.26. The van der Waals surface area contributed by atoms with Gasteiger partial charge in [-0.3, -0.25) is 14.9 Å². The van der Waals surface area contributed by atoms with Crippen LogP contribution in [0.3, 0.4) is 0 Å². The lowest BCUT2D eigenvalue weighted by Crippen LogP contribution is -2.53. The van der Waals surface area contributed by atoms with Crippen LogP contribution in [0.4, 0.5) is 0 Å². The van der Waals surface area contributed by atoms with Crippen LogP contribution in [0, 0.1) is 0 Å². The molecule has 7 rings (SSSR count). The summed E-state index contributed by atoms with van der Waals surface area (Å²) in [6.07, 6.45) is 11.0. The molecule has 2 saturated heterocycles. The van der Waals surface area contributed by atoms with E-state index in [-0.39, 0.29) is 12.1 Å². The molecule has 2 aliphatic heterocycles. The minimum absolute atomic E-state index is 0.186. The third-order valence-electron chi connectivity index (χ3n) is 7.48. The molecule has 0 spiro atoms. The number of nitrogens with one attached hydrogen (secondary N) is 2. The first-order valence-electron chi connectivity index (χ1n) is 11.9. The molecule has 0 bridgehead atoms. The number of aromatic amines is 1. The number of nitrogens with zero attached hydrogens (tertiary/aromatic N) is 5. The molecule has 2 unspecified atom stereocenters. The molecule has 7 heteroatoms. The van der Waals surface area contributed by atoms with Crippen LogP contribution in [0.15, 0.2) is 60.1 Å². The lowest BCUT2D eigenvalue weighted by molar-refractivity contribution is 0.0805. The van der Waals surface area contributed by atoms with E-state index in [1.54, 1.807) is 0 Å². The molecule has 4 aromatic rings. The number of pyridine rings is 2. The number of likely N-dealkylation sites (N-methyl/N-ethyl adjacent to an activating group) is 1. The highest BCUT2D eigenvalue weighted by atomic mass is 15.4. The van der Waals surface area contributed by atoms with Crippen molar-refractivity contribution in [2.24, 2.45) is 0 Å². The van der Waals surface area contributed by atoms with Gasteiger partial charge < -0.3 is 15.2 Å². The third-order valence-corrected chi connectivity index (χ3v) is 7.48. The molecular formula is C26H27N7. The minimum atomic E-state index is 0.186. The normalized spacial score (nSPS) is 23.8. The summed E-state index contributed by atoms with van der Waals surface area (Å²) in [5, 5.41) is 5.64. The standard InChI is InChI=1S/C26H27N7/c1-32-19-9-3-2-6-16(19)20(26(32)33-14-12-27-13-15-33)25-30-23-17-7-4-10-28-21(17)22-18(24(23)31-25)8-5-11-29-22/h4-11,20,26-27H,2-3,12-15H2,1H3,(H,30,31). The highest BCUT2D eigenvalue weighted by Gasteiger charge is 2.45. The van der Waals surface area contributed by atoms with Gasteiger partial charge in [0.05, 0.1) is 34.2 Å². The maximum Gasteiger partial charge on any atom is 0.118 e. The van der Waals surface area contributed by atoms with Crippen LogP contribution in [0.1, 0.15) is 24.6 Å². The van der Waals surface area contributed by atoms with Gasteiger partial charge in [-0.1, -0.05) is 12.2 Å². The summed E-state index contributed by atoms with van der Waals surface area (Å²) in [4.78, 5) is 23.5. The van der Waals surface area contributed by atoms with E-state index >= 15 is 0 Å². The van der Waals surface area contributed by atoms with Crippen molar-refractivity contribution < 1.29 is 0 Å². The number of rotatable bonds is 2. The SMILES string of the molecule is CN1C2=CCCC=C2C(c2nc3c4cccnc4c4ncccc4c3[nH]2)C1N1CCNCC1. The van der Waals surface area contributed by atoms with Crippen LogP contribution in [0.2, 0.25) is 0 Å². The first-order chi connectivity index (χ1) is 16.3. The van der Waals surface area contributed by atoms with Gasteiger partial charge >= 0.3 is 0 Å². The van der Waals surface area contributed by atoms with E-state index in [2.05, 4.69) is 61.4 Å². The van der Waals surface area contributed by atoms with E-state index in [1.807, 2.05) is 24.5 Å². The van der Waals surface area contributed by atoms with Crippen LogP contribution < -0.4 is 5.32 Å². The van der Waals surface area contributed by atoms with E-state index in [0.29, 0.717) is 0 Å². The van der Waals surface area contributed by atoms with Crippen molar-refractivity contribution in [1.82, 2.24) is 35.1 Å². The summed E-state index contributed by atoms with van der Waals surface area (Å²) in [6, 6.07) is 8.22. The molecule has 5 heterocycles. The zero-order valence-corrected chi connectivity index (χ0v) is 18.8. The van der Waals surface area contributed by atoms with E-state index in [1.165, 1.54) is 11.3 Å². The number of H-pyrrole nitrogens is 1. The van der Waals surface area contributed by atoms with Crippen molar-refractivity contribution >= 4 is 32.8 Å². The lowest BCUT2D eigenvalue weighted by Gasteiger charge is -2.39. The first kappa shape index (κ1) is 19.2. The number of likely N-dealkylation sites (tertiary alicyclic amines) is 1. The Bertz CT molecular complexity index is 1370. The summed E-state index contributed by atoms with van der Waals surface area (Å²) >= 11 is 0. The number of imidazole rings is 1. The zero-order valence-electron chi connectivity index (χ0n) is 18.8. The molecule has 3 aliphatic rings. The number of allylic oxidation sites excluding steroid dienone is 3. The van der Waals surface area contributed by atoms with Crippen LogP contribution in [-0.4, -0.2) is 69.1 Å². The summed E-state index contributed by atoms with van der Waals surface area (Å²) < 4.78 is 0. The van der Waals surface area contributed by atoms with Crippen LogP contribution >= 0.6 is 0 Å². The second kappa shape index (κ2) is 7.37. The maximum atomic E-state index is 5.28. The van der Waals surface area contributed by atoms with Crippen molar-refractivity contribution in [2.45, 2.75) is 24.9 Å². The molecule has 1 aromatic carbocycles. The molecule has 166 valence electrons. The van der Waals surface area contributed by atoms with Crippen molar-refractivity contribution in [2.75, 3.05) is 33.2 Å². The van der Waals surface area contributed by atoms with Gasteiger partial charge in [0.1, 0.15) is 5.82 Å². The average Bonchev–Trinajstić information content (AvgIpc) is 3.45. The Kier molecular flexibility index (Phi) is 4.29. The van der Waals surface area contributed by atoms with Gasteiger partial charge in [0.2, 0.25) is 0 Å². The molecule has 2 fully saturated rings. The Morgan fingerprint density at radius 3 is 2.45 bits per heavy atom. The largest absolute Gasteiger partial charge is 0.358 e. The van der Waals surface area contributed by atoms with Crippen molar-refractivity contribution in [3.05, 3.63) is 65.9 Å². The Morgan fingerprint density at radius 2 is 1.64 bits per heavy atom. The number of benzene rings is 1. The number of fused-ring (bicyclic) bond motifs is 7. The van der Waals surface area contributed by atoms with Gasteiger partial charge in [-0.2, -0.15) is 0 Å². The van der Waals surface area contributed by atoms with E-state index in [4.69, 9.17) is 4.98 Å². The maximum absolute atomic E-state index is 5.28. The molecule has 7 nitrogen and oxygen atoms in total. The van der Waals surface area contributed by atoms with Gasteiger partial charge in [-0.25, -0.2) is 4.98 Å². The smallest absolute Gasteiger partial charge is 0.118 e. The molecule has 3 aromatic heterocycles. The number of piperazine rings is 1. The lowest BCUT2D eigenvalue weighted by atomic mass is 9.92. The Labute approximate surface area is 192 Å².